The van der Waals surface area contributed by atoms with Crippen LogP contribution in [0.3, 0.4) is 0 Å². The van der Waals surface area contributed by atoms with Crippen molar-refractivity contribution >= 4 is 22.9 Å². The fourth-order valence-corrected chi connectivity index (χ4v) is 2.58. The summed E-state index contributed by atoms with van der Waals surface area (Å²) in [5, 5.41) is 5.62. The number of hydrogen-bond acceptors (Lipinski definition) is 4. The topological polar surface area (TPSA) is 68.0 Å². The Morgan fingerprint density at radius 3 is 2.65 bits per heavy atom. The summed E-state index contributed by atoms with van der Waals surface area (Å²) >= 11 is 1.49. The quantitative estimate of drug-likeness (QED) is 0.889. The normalized spacial score (nSPS) is 12.2. The molecule has 1 amide bonds. The Balaban J connectivity index is 1.93. The molecule has 0 spiro atoms. The van der Waals surface area contributed by atoms with Crippen LogP contribution in [0, 0.1) is 0 Å². The van der Waals surface area contributed by atoms with Gasteiger partial charge in [0.15, 0.2) is 0 Å². The molecular formula is C15H19N3OS. The maximum atomic E-state index is 11.9. The summed E-state index contributed by atoms with van der Waals surface area (Å²) in [6.45, 7) is 3.99. The van der Waals surface area contributed by atoms with E-state index >= 15 is 0 Å². The second-order valence-corrected chi connectivity index (χ2v) is 5.63. The molecule has 0 saturated heterocycles. The van der Waals surface area contributed by atoms with Crippen molar-refractivity contribution in [1.29, 1.82) is 0 Å². The van der Waals surface area contributed by atoms with E-state index < -0.39 is 0 Å². The van der Waals surface area contributed by atoms with Crippen molar-refractivity contribution in [2.75, 3.05) is 5.32 Å². The molecule has 2 aromatic rings. The zero-order valence-corrected chi connectivity index (χ0v) is 12.5. The van der Waals surface area contributed by atoms with Crippen molar-refractivity contribution in [2.45, 2.75) is 32.7 Å². The Morgan fingerprint density at radius 1 is 1.40 bits per heavy atom. The summed E-state index contributed by atoms with van der Waals surface area (Å²) in [4.78, 5) is 16.3. The average molecular weight is 289 g/mol. The standard InChI is InChI=1S/C15H19N3OS/c1-3-11-4-6-12(7-5-11)17-14(19)8-13-9-20-15(18-13)10(2)16/h4-7,9-10H,3,8,16H2,1-2H3,(H,17,19). The highest BCUT2D eigenvalue weighted by molar-refractivity contribution is 7.09. The summed E-state index contributed by atoms with van der Waals surface area (Å²) in [5.41, 5.74) is 8.59. The average Bonchev–Trinajstić information content (AvgIpc) is 2.88. The minimum Gasteiger partial charge on any atom is -0.326 e. The van der Waals surface area contributed by atoms with Gasteiger partial charge >= 0.3 is 0 Å². The van der Waals surface area contributed by atoms with Crippen molar-refractivity contribution in [2.24, 2.45) is 5.73 Å². The van der Waals surface area contributed by atoms with Gasteiger partial charge in [-0.1, -0.05) is 19.1 Å². The van der Waals surface area contributed by atoms with Crippen molar-refractivity contribution in [3.63, 3.8) is 0 Å². The zero-order chi connectivity index (χ0) is 14.5. The Morgan fingerprint density at radius 2 is 2.10 bits per heavy atom. The van der Waals surface area contributed by atoms with Crippen molar-refractivity contribution in [3.8, 4) is 0 Å². The number of amides is 1. The van der Waals surface area contributed by atoms with E-state index in [-0.39, 0.29) is 18.4 Å². The number of aromatic nitrogens is 1. The van der Waals surface area contributed by atoms with Gasteiger partial charge in [0.2, 0.25) is 5.91 Å². The van der Waals surface area contributed by atoms with E-state index in [4.69, 9.17) is 5.73 Å². The Kier molecular flexibility index (Phi) is 4.87. The van der Waals surface area contributed by atoms with Gasteiger partial charge in [-0.2, -0.15) is 0 Å². The number of nitrogens with two attached hydrogens (primary N) is 1. The lowest BCUT2D eigenvalue weighted by Crippen LogP contribution is -2.15. The molecule has 5 heteroatoms. The minimum atomic E-state index is -0.0848. The van der Waals surface area contributed by atoms with Crippen LogP contribution in [0.2, 0.25) is 0 Å². The number of thiazole rings is 1. The molecule has 106 valence electrons. The number of nitrogens with zero attached hydrogens (tertiary/aromatic N) is 1. The number of anilines is 1. The number of carbonyl (C=O) groups excluding carboxylic acids is 1. The first-order chi connectivity index (χ1) is 9.58. The van der Waals surface area contributed by atoms with Crippen LogP contribution >= 0.6 is 11.3 Å². The molecule has 3 N–H and O–H groups in total. The highest BCUT2D eigenvalue weighted by atomic mass is 32.1. The predicted molar refractivity (Wildman–Crippen MR) is 82.9 cm³/mol. The highest BCUT2D eigenvalue weighted by Crippen LogP contribution is 2.17. The molecule has 0 bridgehead atoms. The molecule has 0 saturated carbocycles. The van der Waals surface area contributed by atoms with Gasteiger partial charge in [0, 0.05) is 11.1 Å². The maximum absolute atomic E-state index is 11.9. The number of aryl methyl sites for hydroxylation is 1. The molecule has 1 aromatic carbocycles. The van der Waals surface area contributed by atoms with E-state index in [1.807, 2.05) is 36.6 Å². The molecule has 0 aliphatic heterocycles. The van der Waals surface area contributed by atoms with Crippen LogP contribution < -0.4 is 11.1 Å². The Bertz CT molecular complexity index is 575. The van der Waals surface area contributed by atoms with E-state index in [2.05, 4.69) is 17.2 Å². The van der Waals surface area contributed by atoms with E-state index in [0.717, 1.165) is 22.8 Å². The molecule has 0 aliphatic carbocycles. The number of carbonyl (C=O) groups is 1. The third kappa shape index (κ3) is 3.88. The summed E-state index contributed by atoms with van der Waals surface area (Å²) < 4.78 is 0. The zero-order valence-electron chi connectivity index (χ0n) is 11.7. The van der Waals surface area contributed by atoms with Gasteiger partial charge in [-0.25, -0.2) is 4.98 Å². The van der Waals surface area contributed by atoms with Gasteiger partial charge in [-0.15, -0.1) is 11.3 Å². The lowest BCUT2D eigenvalue weighted by molar-refractivity contribution is -0.115. The number of hydrogen-bond donors (Lipinski definition) is 2. The summed E-state index contributed by atoms with van der Waals surface area (Å²) in [6, 6.07) is 7.80. The predicted octanol–water partition coefficient (Wildman–Crippen LogP) is 2.91. The third-order valence-corrected chi connectivity index (χ3v) is 4.04. The first-order valence-electron chi connectivity index (χ1n) is 6.67. The van der Waals surface area contributed by atoms with Crippen LogP contribution in [0.4, 0.5) is 5.69 Å². The van der Waals surface area contributed by atoms with E-state index in [1.165, 1.54) is 16.9 Å². The van der Waals surface area contributed by atoms with Crippen LogP contribution in [0.5, 0.6) is 0 Å². The minimum absolute atomic E-state index is 0.0595. The Hall–Kier alpha value is -1.72. The first kappa shape index (κ1) is 14.7. The van der Waals surface area contributed by atoms with Gasteiger partial charge in [-0.3, -0.25) is 4.79 Å². The summed E-state index contributed by atoms with van der Waals surface area (Å²) in [5.74, 6) is -0.0595. The largest absolute Gasteiger partial charge is 0.326 e. The lowest BCUT2D eigenvalue weighted by Gasteiger charge is -2.05. The van der Waals surface area contributed by atoms with Crippen molar-refractivity contribution < 1.29 is 4.79 Å². The molecule has 1 unspecified atom stereocenters. The second kappa shape index (κ2) is 6.63. The van der Waals surface area contributed by atoms with Crippen LogP contribution in [0.25, 0.3) is 0 Å². The molecule has 4 nitrogen and oxygen atoms in total. The molecule has 0 radical (unpaired) electrons. The van der Waals surface area contributed by atoms with Gasteiger partial charge in [0.1, 0.15) is 5.01 Å². The van der Waals surface area contributed by atoms with E-state index in [9.17, 15) is 4.79 Å². The first-order valence-corrected chi connectivity index (χ1v) is 7.55. The molecule has 2 rings (SSSR count). The van der Waals surface area contributed by atoms with Crippen molar-refractivity contribution in [3.05, 3.63) is 45.9 Å². The molecule has 20 heavy (non-hydrogen) atoms. The molecule has 1 aromatic heterocycles. The maximum Gasteiger partial charge on any atom is 0.230 e. The SMILES string of the molecule is CCc1ccc(NC(=O)Cc2csc(C(C)N)n2)cc1. The monoisotopic (exact) mass is 289 g/mol. The van der Waals surface area contributed by atoms with Gasteiger partial charge in [0.05, 0.1) is 18.2 Å². The number of rotatable bonds is 5. The highest BCUT2D eigenvalue weighted by Gasteiger charge is 2.10. The molecule has 1 heterocycles. The summed E-state index contributed by atoms with van der Waals surface area (Å²) in [7, 11) is 0. The number of benzene rings is 1. The lowest BCUT2D eigenvalue weighted by atomic mass is 10.1. The van der Waals surface area contributed by atoms with Gasteiger partial charge < -0.3 is 11.1 Å². The van der Waals surface area contributed by atoms with Gasteiger partial charge in [-0.05, 0) is 31.0 Å². The smallest absolute Gasteiger partial charge is 0.230 e. The molecule has 0 aliphatic rings. The fraction of sp³-hybridized carbons (Fsp3) is 0.333. The molecule has 1 atom stereocenters. The molecule has 0 fully saturated rings. The summed E-state index contributed by atoms with van der Waals surface area (Å²) in [6.07, 6.45) is 1.27. The number of nitrogens with one attached hydrogen (secondary N) is 1. The van der Waals surface area contributed by atoms with Crippen molar-refractivity contribution in [1.82, 2.24) is 4.98 Å². The van der Waals surface area contributed by atoms with E-state index in [1.54, 1.807) is 0 Å². The Labute approximate surface area is 123 Å². The van der Waals surface area contributed by atoms with Crippen LogP contribution in [-0.2, 0) is 17.6 Å². The van der Waals surface area contributed by atoms with Gasteiger partial charge in [0.25, 0.3) is 0 Å². The fourth-order valence-electron chi connectivity index (χ4n) is 1.81. The molecular weight excluding hydrogens is 270 g/mol. The van der Waals surface area contributed by atoms with E-state index in [0.29, 0.717) is 0 Å². The van der Waals surface area contributed by atoms with Crippen LogP contribution in [0.15, 0.2) is 29.6 Å². The third-order valence-electron chi connectivity index (χ3n) is 2.95. The van der Waals surface area contributed by atoms with Crippen LogP contribution in [0.1, 0.15) is 36.2 Å². The van der Waals surface area contributed by atoms with Crippen LogP contribution in [-0.4, -0.2) is 10.9 Å². The second-order valence-electron chi connectivity index (χ2n) is 4.74.